The number of aliphatic carboxylic acids is 1. The number of carboxylic acids is 1. The molecule has 122 valence electrons. The minimum atomic E-state index is -4.01. The number of carbonyl (C=O) groups is 2. The molecule has 0 bridgehead atoms. The summed E-state index contributed by atoms with van der Waals surface area (Å²) in [5.74, 6) is -3.14. The predicted octanol–water partition coefficient (Wildman–Crippen LogP) is 2.89. The molecule has 1 atom stereocenters. The predicted molar refractivity (Wildman–Crippen MR) is 73.7 cm³/mol. The van der Waals surface area contributed by atoms with E-state index in [2.05, 4.69) is 4.74 Å². The van der Waals surface area contributed by atoms with Crippen LogP contribution in [0.5, 0.6) is 0 Å². The number of methoxy groups -OCH3 is 1. The van der Waals surface area contributed by atoms with Gasteiger partial charge in [0.1, 0.15) is 6.04 Å². The van der Waals surface area contributed by atoms with Gasteiger partial charge in [0.05, 0.1) is 0 Å². The number of carbonyl (C=O) groups excluding carboxylic acids is 1. The Hall–Kier alpha value is -1.24. The third-order valence-corrected chi connectivity index (χ3v) is 1.83. The molecule has 0 saturated heterocycles. The van der Waals surface area contributed by atoms with Crippen LogP contribution < -0.4 is 5.32 Å². The van der Waals surface area contributed by atoms with Crippen LogP contribution in [0.2, 0.25) is 0 Å². The minimum absolute atomic E-state index is 0.0439. The van der Waals surface area contributed by atoms with Crippen LogP contribution in [-0.4, -0.2) is 36.2 Å². The fraction of sp³-hybridized carbons (Fsp3) is 0.846. The fourth-order valence-corrected chi connectivity index (χ4v) is 1.03. The first-order valence-electron chi connectivity index (χ1n) is 6.67. The Bertz CT molecular complexity index is 271. The molecule has 0 aliphatic heterocycles. The molecule has 20 heavy (non-hydrogen) atoms. The quantitative estimate of drug-likeness (QED) is 0.790. The monoisotopic (exact) mass is 299 g/mol. The van der Waals surface area contributed by atoms with E-state index in [1.54, 1.807) is 19.2 Å². The highest BCUT2D eigenvalue weighted by Gasteiger charge is 2.41. The second-order valence-electron chi connectivity index (χ2n) is 3.71. The highest BCUT2D eigenvalue weighted by atomic mass is 19.3. The molecule has 0 aliphatic rings. The molecule has 0 aromatic rings. The average molecular weight is 299 g/mol. The first kappa shape index (κ1) is 23.8. The molecule has 0 fully saturated rings. The Morgan fingerprint density at radius 1 is 1.20 bits per heavy atom. The maximum atomic E-state index is 12.7. The first-order valence-corrected chi connectivity index (χ1v) is 6.67. The van der Waals surface area contributed by atoms with Crippen LogP contribution in [0.1, 0.15) is 48.0 Å². The number of hydrogen-bond donors (Lipinski definition) is 2. The molecule has 7 heteroatoms. The summed E-state index contributed by atoms with van der Waals surface area (Å²) in [6.07, 6.45) is -3.94. The molecule has 0 heterocycles. The zero-order valence-electron chi connectivity index (χ0n) is 13.3. The van der Waals surface area contributed by atoms with Crippen molar-refractivity contribution in [1.29, 1.82) is 0 Å². The summed E-state index contributed by atoms with van der Waals surface area (Å²) >= 11 is 0. The number of hydrogen-bond acceptors (Lipinski definition) is 3. The van der Waals surface area contributed by atoms with E-state index in [-0.39, 0.29) is 12.3 Å². The van der Waals surface area contributed by atoms with Crippen LogP contribution in [0.25, 0.3) is 0 Å². The third-order valence-electron chi connectivity index (χ3n) is 1.83. The average Bonchev–Trinajstić information content (AvgIpc) is 2.41. The lowest BCUT2D eigenvalue weighted by molar-refractivity contribution is -0.219. The van der Waals surface area contributed by atoms with Crippen LogP contribution in [0.3, 0.4) is 0 Å². The van der Waals surface area contributed by atoms with Crippen molar-refractivity contribution in [2.45, 2.75) is 60.1 Å². The summed E-state index contributed by atoms with van der Waals surface area (Å²) in [5.41, 5.74) is 0. The van der Waals surface area contributed by atoms with Gasteiger partial charge in [0, 0.05) is 7.11 Å². The Labute approximate surface area is 119 Å². The van der Waals surface area contributed by atoms with Gasteiger partial charge in [-0.3, -0.25) is 4.79 Å². The van der Waals surface area contributed by atoms with Gasteiger partial charge in [-0.05, 0) is 12.3 Å². The van der Waals surface area contributed by atoms with Crippen molar-refractivity contribution >= 4 is 11.9 Å². The molecular weight excluding hydrogens is 272 g/mol. The Morgan fingerprint density at radius 2 is 1.60 bits per heavy atom. The van der Waals surface area contributed by atoms with E-state index in [9.17, 15) is 18.4 Å². The maximum Gasteiger partial charge on any atom is 0.436 e. The highest BCUT2D eigenvalue weighted by molar-refractivity contribution is 5.87. The molecule has 5 nitrogen and oxygen atoms in total. The molecular formula is C13H27F2NO4. The van der Waals surface area contributed by atoms with Gasteiger partial charge in [0.15, 0.2) is 0 Å². The van der Waals surface area contributed by atoms with E-state index >= 15 is 0 Å². The number of carboxylic acid groups (broad SMARTS) is 1. The van der Waals surface area contributed by atoms with Crippen LogP contribution in [0, 0.1) is 5.92 Å². The highest BCUT2D eigenvalue weighted by Crippen LogP contribution is 2.15. The summed E-state index contributed by atoms with van der Waals surface area (Å²) in [7, 11) is 0.664. The van der Waals surface area contributed by atoms with Gasteiger partial charge in [0.25, 0.3) is 0 Å². The van der Waals surface area contributed by atoms with E-state index in [0.717, 1.165) is 0 Å². The van der Waals surface area contributed by atoms with E-state index < -0.39 is 24.0 Å². The summed E-state index contributed by atoms with van der Waals surface area (Å²) in [6, 6.07) is -1.34. The lowest BCUT2D eigenvalue weighted by Gasteiger charge is -2.19. The van der Waals surface area contributed by atoms with Crippen LogP contribution in [0.15, 0.2) is 0 Å². The Morgan fingerprint density at radius 3 is 1.85 bits per heavy atom. The van der Waals surface area contributed by atoms with Crippen LogP contribution >= 0.6 is 0 Å². The summed E-state index contributed by atoms with van der Waals surface area (Å²) in [5, 5.41) is 10.4. The smallest absolute Gasteiger partial charge is 0.436 e. The number of rotatable bonds is 6. The van der Waals surface area contributed by atoms with Crippen molar-refractivity contribution in [1.82, 2.24) is 5.32 Å². The second kappa shape index (κ2) is 12.8. The molecule has 1 amide bonds. The SMILES string of the molecule is CC.CC.COC(F)(F)C(=O)NC(CC(C)C)C(=O)O. The van der Waals surface area contributed by atoms with Crippen molar-refractivity contribution in [3.05, 3.63) is 0 Å². The first-order chi connectivity index (χ1) is 9.20. The fourth-order valence-electron chi connectivity index (χ4n) is 1.03. The van der Waals surface area contributed by atoms with Crippen molar-refractivity contribution in [3.8, 4) is 0 Å². The van der Waals surface area contributed by atoms with Crippen molar-refractivity contribution in [3.63, 3.8) is 0 Å². The number of nitrogens with one attached hydrogen (secondary N) is 1. The van der Waals surface area contributed by atoms with Crippen molar-refractivity contribution < 1.29 is 28.2 Å². The Balaban J connectivity index is -0.000000656. The number of alkyl halides is 2. The summed E-state index contributed by atoms with van der Waals surface area (Å²) in [6.45, 7) is 11.4. The molecule has 1 unspecified atom stereocenters. The molecule has 0 saturated carbocycles. The van der Waals surface area contributed by atoms with E-state index in [1.807, 2.05) is 27.7 Å². The molecule has 0 aliphatic carbocycles. The summed E-state index contributed by atoms with van der Waals surface area (Å²) in [4.78, 5) is 21.6. The van der Waals surface area contributed by atoms with Crippen molar-refractivity contribution in [2.75, 3.05) is 7.11 Å². The molecule has 0 spiro atoms. The number of amides is 1. The number of ether oxygens (including phenoxy) is 1. The van der Waals surface area contributed by atoms with Crippen LogP contribution in [-0.2, 0) is 14.3 Å². The van der Waals surface area contributed by atoms with E-state index in [4.69, 9.17) is 5.11 Å². The number of halogens is 2. The topological polar surface area (TPSA) is 75.6 Å². The lowest BCUT2D eigenvalue weighted by Crippen LogP contribution is -2.49. The van der Waals surface area contributed by atoms with Gasteiger partial charge in [-0.2, -0.15) is 8.78 Å². The molecule has 0 aromatic heterocycles. The zero-order chi connectivity index (χ0) is 16.9. The zero-order valence-corrected chi connectivity index (χ0v) is 13.3. The van der Waals surface area contributed by atoms with Gasteiger partial charge in [0.2, 0.25) is 0 Å². The van der Waals surface area contributed by atoms with Gasteiger partial charge in [-0.25, -0.2) is 4.79 Å². The molecule has 0 radical (unpaired) electrons. The van der Waals surface area contributed by atoms with E-state index in [0.29, 0.717) is 7.11 Å². The normalized spacial score (nSPS) is 11.5. The van der Waals surface area contributed by atoms with E-state index in [1.165, 1.54) is 0 Å². The Kier molecular flexibility index (Phi) is 15.2. The van der Waals surface area contributed by atoms with Gasteiger partial charge < -0.3 is 15.2 Å². The lowest BCUT2D eigenvalue weighted by atomic mass is 10.0. The van der Waals surface area contributed by atoms with Gasteiger partial charge >= 0.3 is 18.0 Å². The largest absolute Gasteiger partial charge is 0.480 e. The molecule has 2 N–H and O–H groups in total. The maximum absolute atomic E-state index is 12.7. The van der Waals surface area contributed by atoms with Gasteiger partial charge in [-0.15, -0.1) is 0 Å². The summed E-state index contributed by atoms with van der Waals surface area (Å²) < 4.78 is 29.0. The second-order valence-corrected chi connectivity index (χ2v) is 3.71. The minimum Gasteiger partial charge on any atom is -0.480 e. The van der Waals surface area contributed by atoms with Crippen LogP contribution in [0.4, 0.5) is 8.78 Å². The van der Waals surface area contributed by atoms with Gasteiger partial charge in [-0.1, -0.05) is 41.5 Å². The molecule has 0 aromatic carbocycles. The standard InChI is InChI=1S/C9H15F2NO4.2C2H6/c1-5(2)4-6(7(13)14)12-8(15)9(10,11)16-3;2*1-2/h5-6H,4H2,1-3H3,(H,12,15)(H,13,14);2*1-2H3. The van der Waals surface area contributed by atoms with Crippen molar-refractivity contribution in [2.24, 2.45) is 5.92 Å². The molecule has 0 rings (SSSR count). The third kappa shape index (κ3) is 10.7.